The minimum absolute atomic E-state index is 0.0136. The van der Waals surface area contributed by atoms with Crippen LogP contribution in [0.4, 0.5) is 0 Å². The topological polar surface area (TPSA) is 63.5 Å². The van der Waals surface area contributed by atoms with Crippen LogP contribution < -0.4 is 5.32 Å². The number of hydrogen-bond acceptors (Lipinski definition) is 4. The van der Waals surface area contributed by atoms with Crippen molar-refractivity contribution < 1.29 is 9.59 Å². The molecule has 138 valence electrons. The molecule has 27 heavy (non-hydrogen) atoms. The first-order chi connectivity index (χ1) is 12.9. The van der Waals surface area contributed by atoms with E-state index in [0.29, 0.717) is 33.4 Å². The van der Waals surface area contributed by atoms with Crippen molar-refractivity contribution in [2.75, 3.05) is 13.1 Å². The van der Waals surface area contributed by atoms with Crippen LogP contribution in [0.3, 0.4) is 0 Å². The maximum Gasteiger partial charge on any atom is 0.226 e. The summed E-state index contributed by atoms with van der Waals surface area (Å²) in [4.78, 5) is 30.5. The van der Waals surface area contributed by atoms with E-state index < -0.39 is 5.41 Å². The lowest BCUT2D eigenvalue weighted by Crippen LogP contribution is -2.45. The molecular weight excluding hydrogens is 542 g/mol. The van der Waals surface area contributed by atoms with Crippen molar-refractivity contribution in [3.05, 3.63) is 53.8 Å². The van der Waals surface area contributed by atoms with Crippen molar-refractivity contribution in [2.45, 2.75) is 12.8 Å². The van der Waals surface area contributed by atoms with Crippen LogP contribution in [0.2, 0.25) is 0 Å². The molecule has 0 aromatic carbocycles. The SMILES string of the molecule is Cn1c(Br)c2c3c1C(=O)C1=C(C3=NCC2)C2(C=C(Br)C(=O)C(Br)=C2)CCN1. The number of nitrogens with zero attached hydrogens (tertiary/aromatic N) is 2. The van der Waals surface area contributed by atoms with Gasteiger partial charge in [-0.25, -0.2) is 0 Å². The summed E-state index contributed by atoms with van der Waals surface area (Å²) in [7, 11) is 1.91. The van der Waals surface area contributed by atoms with E-state index in [1.165, 1.54) is 0 Å². The van der Waals surface area contributed by atoms with Gasteiger partial charge in [-0.05, 0) is 66.2 Å². The number of carbonyl (C=O) groups is 2. The molecule has 2 aliphatic heterocycles. The number of halogens is 3. The third kappa shape index (κ3) is 2.23. The summed E-state index contributed by atoms with van der Waals surface area (Å²) in [5.74, 6) is -0.0989. The minimum Gasteiger partial charge on any atom is -0.381 e. The van der Waals surface area contributed by atoms with Gasteiger partial charge in [-0.2, -0.15) is 0 Å². The second-order valence-corrected chi connectivity index (χ2v) is 9.60. The second-order valence-electron chi connectivity index (χ2n) is 7.14. The van der Waals surface area contributed by atoms with Gasteiger partial charge in [0.05, 0.1) is 25.0 Å². The predicted octanol–water partition coefficient (Wildman–Crippen LogP) is 3.70. The van der Waals surface area contributed by atoms with Gasteiger partial charge in [-0.15, -0.1) is 0 Å². The normalized spacial score (nSPS) is 22.7. The lowest BCUT2D eigenvalue weighted by Gasteiger charge is -2.41. The molecular formula is C19H14Br3N3O2. The maximum atomic E-state index is 13.4. The van der Waals surface area contributed by atoms with E-state index in [4.69, 9.17) is 4.99 Å². The highest BCUT2D eigenvalue weighted by Crippen LogP contribution is 2.50. The summed E-state index contributed by atoms with van der Waals surface area (Å²) in [5.41, 5.74) is 4.55. The lowest BCUT2D eigenvalue weighted by molar-refractivity contribution is -0.111. The van der Waals surface area contributed by atoms with Crippen LogP contribution in [0.25, 0.3) is 0 Å². The van der Waals surface area contributed by atoms with Gasteiger partial charge in [0.2, 0.25) is 11.6 Å². The molecule has 0 bridgehead atoms. The molecule has 0 radical (unpaired) electrons. The summed E-state index contributed by atoms with van der Waals surface area (Å²) in [6.07, 6.45) is 5.42. The fourth-order valence-corrected chi connectivity index (χ4v) is 6.63. The first kappa shape index (κ1) is 17.8. The van der Waals surface area contributed by atoms with Crippen LogP contribution in [0.1, 0.15) is 28.0 Å². The Bertz CT molecular complexity index is 1070. The van der Waals surface area contributed by atoms with Crippen LogP contribution >= 0.6 is 47.8 Å². The third-order valence-corrected chi connectivity index (χ3v) is 7.91. The number of Topliss-reactive ketones (excluding diaryl/α,β-unsaturated/α-hetero) is 2. The molecule has 1 aromatic rings. The number of rotatable bonds is 0. The van der Waals surface area contributed by atoms with E-state index in [-0.39, 0.29) is 11.6 Å². The molecule has 3 heterocycles. The number of fused-ring (bicyclic) bond motifs is 2. The average Bonchev–Trinajstić information content (AvgIpc) is 2.90. The van der Waals surface area contributed by atoms with E-state index in [1.54, 1.807) is 0 Å². The molecule has 8 heteroatoms. The number of hydrogen-bond donors (Lipinski definition) is 1. The molecule has 0 saturated carbocycles. The second kappa shape index (κ2) is 5.87. The molecule has 0 atom stereocenters. The smallest absolute Gasteiger partial charge is 0.226 e. The first-order valence-electron chi connectivity index (χ1n) is 8.62. The molecule has 0 fully saturated rings. The standard InChI is InChI=1S/C19H14Br3N3O2/c1-25-15-11-8(18(25)22)2-4-23-13(11)12-14(17(15)27)24-5-3-19(12)6-9(20)16(26)10(21)7-19/h6-7,24H,2-5H2,1H3. The monoisotopic (exact) mass is 553 g/mol. The predicted molar refractivity (Wildman–Crippen MR) is 114 cm³/mol. The summed E-state index contributed by atoms with van der Waals surface area (Å²) >= 11 is 10.5. The molecule has 1 N–H and O–H groups in total. The number of ketones is 2. The number of carbonyl (C=O) groups excluding carboxylic acids is 2. The van der Waals surface area contributed by atoms with Crippen molar-refractivity contribution in [1.82, 2.24) is 9.88 Å². The highest BCUT2D eigenvalue weighted by Gasteiger charge is 2.48. The number of aromatic nitrogens is 1. The van der Waals surface area contributed by atoms with Crippen molar-refractivity contribution in [1.29, 1.82) is 0 Å². The van der Waals surface area contributed by atoms with Gasteiger partial charge < -0.3 is 9.88 Å². The van der Waals surface area contributed by atoms with Gasteiger partial charge in [0.15, 0.2) is 0 Å². The molecule has 1 spiro atoms. The van der Waals surface area contributed by atoms with Crippen LogP contribution in [0.15, 0.2) is 42.0 Å². The van der Waals surface area contributed by atoms with Gasteiger partial charge in [0.25, 0.3) is 0 Å². The van der Waals surface area contributed by atoms with Crippen molar-refractivity contribution in [3.63, 3.8) is 0 Å². The molecule has 1 aromatic heterocycles. The maximum absolute atomic E-state index is 13.4. The molecule has 0 unspecified atom stereocenters. The average molecular weight is 556 g/mol. The largest absolute Gasteiger partial charge is 0.381 e. The van der Waals surface area contributed by atoms with Crippen molar-refractivity contribution >= 4 is 65.1 Å². The zero-order chi connectivity index (χ0) is 19.1. The highest BCUT2D eigenvalue weighted by molar-refractivity contribution is 9.13. The van der Waals surface area contributed by atoms with E-state index in [9.17, 15) is 9.59 Å². The quantitative estimate of drug-likeness (QED) is 0.531. The Morgan fingerprint density at radius 1 is 1.15 bits per heavy atom. The Labute approximate surface area is 181 Å². The zero-order valence-electron chi connectivity index (χ0n) is 14.3. The molecule has 4 aliphatic rings. The Morgan fingerprint density at radius 3 is 2.56 bits per heavy atom. The van der Waals surface area contributed by atoms with E-state index in [2.05, 4.69) is 53.1 Å². The number of nitrogens with one attached hydrogen (secondary N) is 1. The van der Waals surface area contributed by atoms with Gasteiger partial charge >= 0.3 is 0 Å². The van der Waals surface area contributed by atoms with Crippen LogP contribution in [-0.2, 0) is 18.3 Å². The summed E-state index contributed by atoms with van der Waals surface area (Å²) < 4.78 is 3.88. The zero-order valence-corrected chi connectivity index (χ0v) is 19.1. The first-order valence-corrected chi connectivity index (χ1v) is 11.0. The Balaban J connectivity index is 1.84. The molecule has 2 aliphatic carbocycles. The third-order valence-electron chi connectivity index (χ3n) is 5.72. The Morgan fingerprint density at radius 2 is 1.85 bits per heavy atom. The van der Waals surface area contributed by atoms with Crippen molar-refractivity contribution in [3.8, 4) is 0 Å². The summed E-state index contributed by atoms with van der Waals surface area (Å²) in [6, 6.07) is 0. The van der Waals surface area contributed by atoms with E-state index >= 15 is 0 Å². The molecule has 5 nitrogen and oxygen atoms in total. The fraction of sp³-hybridized carbons (Fsp3) is 0.316. The highest BCUT2D eigenvalue weighted by atomic mass is 79.9. The lowest BCUT2D eigenvalue weighted by atomic mass is 9.66. The Hall–Kier alpha value is -1.25. The summed E-state index contributed by atoms with van der Waals surface area (Å²) in [6.45, 7) is 1.33. The van der Waals surface area contributed by atoms with E-state index in [1.807, 2.05) is 23.8 Å². The van der Waals surface area contributed by atoms with Gasteiger partial charge in [0, 0.05) is 36.7 Å². The van der Waals surface area contributed by atoms with Gasteiger partial charge in [-0.1, -0.05) is 12.2 Å². The number of allylic oxidation sites excluding steroid dienone is 6. The minimum atomic E-state index is -0.546. The van der Waals surface area contributed by atoms with Crippen molar-refractivity contribution in [2.24, 2.45) is 17.5 Å². The van der Waals surface area contributed by atoms with Crippen LogP contribution in [0, 0.1) is 5.41 Å². The van der Waals surface area contributed by atoms with Crippen LogP contribution in [0.5, 0.6) is 0 Å². The molecule has 5 rings (SSSR count). The fourth-order valence-electron chi connectivity index (χ4n) is 4.55. The summed E-state index contributed by atoms with van der Waals surface area (Å²) in [5, 5.41) is 3.32. The number of aliphatic imine (C=N–C) groups is 1. The van der Waals surface area contributed by atoms with Crippen LogP contribution in [-0.4, -0.2) is 34.9 Å². The Kier molecular flexibility index (Phi) is 3.88. The van der Waals surface area contributed by atoms with Gasteiger partial charge in [-0.3, -0.25) is 14.6 Å². The molecule has 0 amide bonds. The molecule has 0 saturated heterocycles. The van der Waals surface area contributed by atoms with E-state index in [0.717, 1.165) is 39.9 Å². The van der Waals surface area contributed by atoms with Gasteiger partial charge in [0.1, 0.15) is 5.69 Å².